The highest BCUT2D eigenvalue weighted by Crippen LogP contribution is 2.41. The van der Waals surface area contributed by atoms with Crippen LogP contribution in [0.4, 0.5) is 5.69 Å². The molecule has 4 unspecified atom stereocenters. The first kappa shape index (κ1) is 61.1. The van der Waals surface area contributed by atoms with Crippen molar-refractivity contribution in [2.45, 2.75) is 199 Å². The lowest BCUT2D eigenvalue weighted by Crippen LogP contribution is -2.61. The lowest BCUT2D eigenvalue weighted by atomic mass is 9.73. The SMILES string of the molecule is CC[C@H]1OC(=O)[C@H](C)C(OC2C[C@@](C)(OC)[C@@H](O)[C@H](C)O2)C(C)[C@@H](OC2O[C@H](C)C[C@H](N(C)CCc3cn(CCc4ccc([N+](=O)[O-])cc4)nn3)[C@H]2O)[C@](C)(O)C[C@@H](C)/C(=N\OCCN(C)C)[C@H](C)[C@@H](O)[C@]1(C)O. The van der Waals surface area contributed by atoms with Gasteiger partial charge in [0.1, 0.15) is 30.5 Å². The number of non-ortho nitro benzene ring substituents is 1. The molecule has 2 aromatic rings. The summed E-state index contributed by atoms with van der Waals surface area (Å²) in [5.74, 6) is -4.24. The molecule has 5 rings (SSSR count). The Kier molecular flexibility index (Phi) is 21.5. The number of nitrogens with zero attached hydrogens (tertiary/aromatic N) is 7. The standard InChI is InChI=1S/C52H87N7O15/c1-15-40-52(10,65)45(61)32(4)42(54-69-25-24-56(11)12)30(2)27-50(8,64)47(33(5)44(34(6)48(63)72-40)73-41-28-51(9,68-14)46(62)35(7)71-41)74-49-43(60)39(26-31(3)70-49)57(13)22-21-37-29-58(55-53-37)23-20-36-16-18-38(19-17-36)59(66)67/h16-19,29-35,39-41,43-47,49,60-62,64-65H,15,20-28H2,1-14H3/b54-42+/t30-,31-,32+,33?,34-,35+,39+,40-,41?,43-,44?,45-,46+,47-,49?,50-,51-,52-/m1/s1. The van der Waals surface area contributed by atoms with Crippen molar-refractivity contribution >= 4 is 17.4 Å². The minimum Gasteiger partial charge on any atom is -0.459 e. The molecule has 3 saturated heterocycles. The molecular weight excluding hydrogens is 963 g/mol. The maximum absolute atomic E-state index is 14.6. The van der Waals surface area contributed by atoms with Gasteiger partial charge in [-0.3, -0.25) is 19.6 Å². The lowest BCUT2D eigenvalue weighted by Gasteiger charge is -2.49. The van der Waals surface area contributed by atoms with E-state index in [0.29, 0.717) is 44.6 Å². The number of aliphatic hydroxyl groups is 5. The summed E-state index contributed by atoms with van der Waals surface area (Å²) < 4.78 is 40.1. The van der Waals surface area contributed by atoms with Crippen molar-refractivity contribution in [2.75, 3.05) is 47.9 Å². The molecule has 18 atom stereocenters. The summed E-state index contributed by atoms with van der Waals surface area (Å²) in [6, 6.07) is 5.93. The van der Waals surface area contributed by atoms with Gasteiger partial charge in [-0.15, -0.1) is 5.10 Å². The molecule has 1 aromatic heterocycles. The monoisotopic (exact) mass is 1050 g/mol. The normalized spacial score (nSPS) is 38.5. The Balaban J connectivity index is 1.48. The van der Waals surface area contributed by atoms with E-state index in [4.69, 9.17) is 33.3 Å². The van der Waals surface area contributed by atoms with Crippen molar-refractivity contribution in [3.63, 3.8) is 0 Å². The number of aliphatic hydroxyl groups excluding tert-OH is 3. The van der Waals surface area contributed by atoms with Crippen molar-refractivity contribution < 1.29 is 68.5 Å². The van der Waals surface area contributed by atoms with Crippen LogP contribution < -0.4 is 0 Å². The third kappa shape index (κ3) is 15.0. The Labute approximate surface area is 436 Å². The minimum atomic E-state index is -1.97. The molecule has 3 fully saturated rings. The molecule has 0 saturated carbocycles. The zero-order chi connectivity index (χ0) is 55.0. The predicted octanol–water partition coefficient (Wildman–Crippen LogP) is 3.51. The van der Waals surface area contributed by atoms with E-state index < -0.39 is 119 Å². The number of ether oxygens (including phenoxy) is 6. The summed E-state index contributed by atoms with van der Waals surface area (Å²) in [7, 11) is 7.18. The number of nitro benzene ring substituents is 1. The number of likely N-dealkylation sites (N-methyl/N-ethyl adjacent to an activating group) is 2. The fourth-order valence-electron chi connectivity index (χ4n) is 10.9. The largest absolute Gasteiger partial charge is 0.459 e. The number of aromatic nitrogens is 3. The third-order valence-corrected chi connectivity index (χ3v) is 15.6. The van der Waals surface area contributed by atoms with Gasteiger partial charge in [0.05, 0.1) is 64.0 Å². The van der Waals surface area contributed by atoms with Crippen LogP contribution in [0.1, 0.15) is 106 Å². The molecule has 4 heterocycles. The van der Waals surface area contributed by atoms with E-state index in [1.54, 1.807) is 65.3 Å². The molecule has 0 bridgehead atoms. The van der Waals surface area contributed by atoms with Crippen LogP contribution in [0.25, 0.3) is 0 Å². The van der Waals surface area contributed by atoms with Crippen LogP contribution in [0.15, 0.2) is 35.6 Å². The van der Waals surface area contributed by atoms with E-state index in [2.05, 4.69) is 15.5 Å². The predicted molar refractivity (Wildman–Crippen MR) is 273 cm³/mol. The quantitative estimate of drug-likeness (QED) is 0.0618. The van der Waals surface area contributed by atoms with Gasteiger partial charge in [0, 0.05) is 81.7 Å². The number of hydrogen-bond acceptors (Lipinski definition) is 20. The zero-order valence-electron chi connectivity index (χ0n) is 46.1. The maximum Gasteiger partial charge on any atom is 0.311 e. The first-order valence-electron chi connectivity index (χ1n) is 26.2. The Morgan fingerprint density at radius 1 is 0.932 bits per heavy atom. The van der Waals surface area contributed by atoms with Gasteiger partial charge in [0.25, 0.3) is 5.69 Å². The number of aryl methyl sites for hydroxylation is 2. The minimum absolute atomic E-state index is 0.0298. The second kappa shape index (κ2) is 26.0. The Hall–Kier alpha value is -3.78. The second-order valence-electron chi connectivity index (χ2n) is 22.1. The molecule has 1 aromatic carbocycles. The van der Waals surface area contributed by atoms with Crippen LogP contribution in [-0.2, 0) is 57.4 Å². The summed E-state index contributed by atoms with van der Waals surface area (Å²) in [5, 5.41) is 84.9. The van der Waals surface area contributed by atoms with Crippen molar-refractivity contribution in [3.8, 4) is 0 Å². The summed E-state index contributed by atoms with van der Waals surface area (Å²) in [4.78, 5) is 35.0. The molecule has 0 radical (unpaired) electrons. The maximum atomic E-state index is 14.6. The van der Waals surface area contributed by atoms with E-state index in [1.165, 1.54) is 26.2 Å². The summed E-state index contributed by atoms with van der Waals surface area (Å²) in [5.41, 5.74) is -2.85. The van der Waals surface area contributed by atoms with E-state index in [9.17, 15) is 40.4 Å². The van der Waals surface area contributed by atoms with E-state index in [-0.39, 0.29) is 31.6 Å². The molecule has 3 aliphatic heterocycles. The fraction of sp³-hybridized carbons (Fsp3) is 0.808. The number of carbonyl (C=O) groups excluding carboxylic acids is 1. The number of esters is 1. The molecule has 22 nitrogen and oxygen atoms in total. The Morgan fingerprint density at radius 2 is 1.61 bits per heavy atom. The second-order valence-corrected chi connectivity index (χ2v) is 22.1. The average Bonchev–Trinajstić information content (AvgIpc) is 3.81. The Bertz CT molecular complexity index is 2130. The van der Waals surface area contributed by atoms with Crippen LogP contribution >= 0.6 is 0 Å². The van der Waals surface area contributed by atoms with Crippen LogP contribution in [0.5, 0.6) is 0 Å². The van der Waals surface area contributed by atoms with Gasteiger partial charge in [-0.05, 0) is 93.9 Å². The molecular formula is C52H87N7O15. The van der Waals surface area contributed by atoms with E-state index in [0.717, 1.165) is 11.3 Å². The summed E-state index contributed by atoms with van der Waals surface area (Å²) in [6.07, 6.45) is -7.22. The van der Waals surface area contributed by atoms with Gasteiger partial charge < -0.3 is 68.6 Å². The molecule has 5 N–H and O–H groups in total. The zero-order valence-corrected chi connectivity index (χ0v) is 46.1. The molecule has 22 heteroatoms. The van der Waals surface area contributed by atoms with Gasteiger partial charge in [0.15, 0.2) is 12.6 Å². The number of rotatable bonds is 18. The Morgan fingerprint density at radius 3 is 2.23 bits per heavy atom. The number of carbonyl (C=O) groups is 1. The lowest BCUT2D eigenvalue weighted by molar-refractivity contribution is -0.384. The van der Waals surface area contributed by atoms with Crippen molar-refractivity contribution in [3.05, 3.63) is 51.8 Å². The van der Waals surface area contributed by atoms with Gasteiger partial charge in [-0.2, -0.15) is 0 Å². The van der Waals surface area contributed by atoms with Crippen LogP contribution in [-0.4, -0.2) is 199 Å². The van der Waals surface area contributed by atoms with E-state index >= 15 is 0 Å². The van der Waals surface area contributed by atoms with Gasteiger partial charge in [-0.25, -0.2) is 0 Å². The molecule has 0 amide bonds. The molecule has 74 heavy (non-hydrogen) atoms. The smallest absolute Gasteiger partial charge is 0.311 e. The van der Waals surface area contributed by atoms with Gasteiger partial charge in [-0.1, -0.05) is 50.2 Å². The van der Waals surface area contributed by atoms with Crippen molar-refractivity contribution in [2.24, 2.45) is 28.8 Å². The molecule has 420 valence electrons. The number of methoxy groups -OCH3 is 1. The summed E-state index contributed by atoms with van der Waals surface area (Å²) in [6.45, 7) is 18.8. The first-order valence-corrected chi connectivity index (χ1v) is 26.2. The van der Waals surface area contributed by atoms with Gasteiger partial charge in [0.2, 0.25) is 0 Å². The van der Waals surface area contributed by atoms with Gasteiger partial charge >= 0.3 is 5.97 Å². The van der Waals surface area contributed by atoms with Crippen LogP contribution in [0.2, 0.25) is 0 Å². The highest BCUT2D eigenvalue weighted by Gasteiger charge is 2.53. The number of benzene rings is 1. The van der Waals surface area contributed by atoms with E-state index in [1.807, 2.05) is 51.0 Å². The topological polar surface area (TPSA) is 276 Å². The van der Waals surface area contributed by atoms with Crippen molar-refractivity contribution in [1.29, 1.82) is 0 Å². The third-order valence-electron chi connectivity index (χ3n) is 15.6. The number of oxime groups is 1. The summed E-state index contributed by atoms with van der Waals surface area (Å²) >= 11 is 0. The highest BCUT2D eigenvalue weighted by molar-refractivity contribution is 5.88. The number of cyclic esters (lactones) is 1. The fourth-order valence-corrected chi connectivity index (χ4v) is 10.9. The molecule has 0 aliphatic carbocycles. The van der Waals surface area contributed by atoms with Crippen LogP contribution in [0.3, 0.4) is 0 Å². The molecule has 0 spiro atoms. The molecule has 3 aliphatic rings. The number of hydrogen-bond donors (Lipinski definition) is 5. The van der Waals surface area contributed by atoms with Crippen molar-refractivity contribution in [1.82, 2.24) is 24.8 Å². The number of nitro groups is 1. The first-order chi connectivity index (χ1) is 34.6. The highest BCUT2D eigenvalue weighted by atomic mass is 16.7. The average molecular weight is 1050 g/mol. The van der Waals surface area contributed by atoms with Crippen LogP contribution in [0, 0.1) is 33.8 Å².